The molecular weight excluding hydrogens is 250 g/mol. The van der Waals surface area contributed by atoms with Gasteiger partial charge in [-0.15, -0.1) is 0 Å². The molecule has 1 aliphatic rings. The zero-order chi connectivity index (χ0) is 15.0. The fourth-order valence-corrected chi connectivity index (χ4v) is 2.93. The molecule has 0 saturated heterocycles. The normalized spacial score (nSPS) is 18.3. The molecule has 0 aliphatic heterocycles. The van der Waals surface area contributed by atoms with Crippen LogP contribution >= 0.6 is 0 Å². The average molecular weight is 279 g/mol. The number of esters is 1. The minimum atomic E-state index is -0.459. The van der Waals surface area contributed by atoms with Crippen molar-refractivity contribution >= 4 is 5.97 Å². The Morgan fingerprint density at radius 2 is 1.95 bits per heavy atom. The lowest BCUT2D eigenvalue weighted by molar-refractivity contribution is -0.155. The van der Waals surface area contributed by atoms with Crippen molar-refractivity contribution in [2.45, 2.75) is 84.2 Å². The number of rotatable bonds is 6. The van der Waals surface area contributed by atoms with Gasteiger partial charge in [-0.25, -0.2) is 0 Å². The van der Waals surface area contributed by atoms with Crippen molar-refractivity contribution in [2.24, 2.45) is 11.8 Å². The zero-order valence-corrected chi connectivity index (χ0v) is 13.3. The minimum Gasteiger partial charge on any atom is -0.460 e. The number of hydrogen-bond donors (Lipinski definition) is 0. The molecule has 20 heavy (non-hydrogen) atoms. The molecule has 0 N–H and O–H groups in total. The van der Waals surface area contributed by atoms with Crippen molar-refractivity contribution in [3.63, 3.8) is 0 Å². The van der Waals surface area contributed by atoms with Gasteiger partial charge in [0.25, 0.3) is 0 Å². The molecule has 1 aliphatic carbocycles. The number of nitrogens with zero attached hydrogens (tertiary/aromatic N) is 1. The quantitative estimate of drug-likeness (QED) is 0.667. The maximum atomic E-state index is 11.7. The van der Waals surface area contributed by atoms with Gasteiger partial charge in [0.2, 0.25) is 0 Å². The van der Waals surface area contributed by atoms with Crippen molar-refractivity contribution in [1.82, 2.24) is 0 Å². The molecule has 1 unspecified atom stereocenters. The van der Waals surface area contributed by atoms with Gasteiger partial charge in [-0.05, 0) is 33.1 Å². The number of carbonyl (C=O) groups is 1. The SMILES string of the molecule is CC(C)(C)OC(=O)CC(C#N)CCCC1CCCCC1. The molecule has 1 atom stereocenters. The van der Waals surface area contributed by atoms with E-state index >= 15 is 0 Å². The van der Waals surface area contributed by atoms with Gasteiger partial charge in [0.1, 0.15) is 5.60 Å². The highest BCUT2D eigenvalue weighted by molar-refractivity contribution is 5.70. The molecule has 1 saturated carbocycles. The Hall–Kier alpha value is -1.04. The van der Waals surface area contributed by atoms with E-state index in [9.17, 15) is 4.79 Å². The second-order valence-corrected chi connectivity index (χ2v) is 7.05. The van der Waals surface area contributed by atoms with Crippen LogP contribution in [0.25, 0.3) is 0 Å². The predicted molar refractivity (Wildman–Crippen MR) is 80.0 cm³/mol. The van der Waals surface area contributed by atoms with Crippen LogP contribution < -0.4 is 0 Å². The van der Waals surface area contributed by atoms with Crippen molar-refractivity contribution < 1.29 is 9.53 Å². The molecule has 0 spiro atoms. The molecule has 3 heteroatoms. The van der Waals surface area contributed by atoms with Gasteiger partial charge in [0.15, 0.2) is 0 Å². The van der Waals surface area contributed by atoms with E-state index < -0.39 is 5.60 Å². The van der Waals surface area contributed by atoms with E-state index in [0.717, 1.165) is 18.8 Å². The van der Waals surface area contributed by atoms with Gasteiger partial charge in [-0.1, -0.05) is 44.9 Å². The molecule has 0 bridgehead atoms. The molecule has 114 valence electrons. The maximum absolute atomic E-state index is 11.7. The highest BCUT2D eigenvalue weighted by atomic mass is 16.6. The van der Waals surface area contributed by atoms with Crippen LogP contribution in [-0.4, -0.2) is 11.6 Å². The standard InChI is InChI=1S/C17H29NO2/c1-17(2,3)20-16(19)12-15(13-18)11-7-10-14-8-5-4-6-9-14/h14-15H,4-12H2,1-3H3. The fourth-order valence-electron chi connectivity index (χ4n) is 2.93. The summed E-state index contributed by atoms with van der Waals surface area (Å²) in [5.41, 5.74) is -0.459. The lowest BCUT2D eigenvalue weighted by Gasteiger charge is -2.22. The largest absolute Gasteiger partial charge is 0.460 e. The topological polar surface area (TPSA) is 50.1 Å². The third-order valence-corrected chi connectivity index (χ3v) is 3.91. The van der Waals surface area contributed by atoms with Gasteiger partial charge in [0.05, 0.1) is 18.4 Å². The van der Waals surface area contributed by atoms with Crippen molar-refractivity contribution in [1.29, 1.82) is 5.26 Å². The van der Waals surface area contributed by atoms with E-state index in [4.69, 9.17) is 10.00 Å². The Labute approximate surface area is 123 Å². The van der Waals surface area contributed by atoms with Crippen LogP contribution in [0, 0.1) is 23.2 Å². The summed E-state index contributed by atoms with van der Waals surface area (Å²) in [6.07, 6.45) is 10.2. The Morgan fingerprint density at radius 1 is 1.30 bits per heavy atom. The Balaban J connectivity index is 2.22. The Kier molecular flexibility index (Phi) is 7.05. The molecule has 1 fully saturated rings. The van der Waals surface area contributed by atoms with E-state index in [1.54, 1.807) is 0 Å². The zero-order valence-electron chi connectivity index (χ0n) is 13.3. The molecular formula is C17H29NO2. The minimum absolute atomic E-state index is 0.187. The lowest BCUT2D eigenvalue weighted by atomic mass is 9.85. The van der Waals surface area contributed by atoms with Crippen LogP contribution in [-0.2, 0) is 9.53 Å². The summed E-state index contributed by atoms with van der Waals surface area (Å²) in [7, 11) is 0. The predicted octanol–water partition coefficient (Wildman–Crippen LogP) is 4.61. The average Bonchev–Trinajstić information content (AvgIpc) is 2.36. The summed E-state index contributed by atoms with van der Waals surface area (Å²) in [6, 6.07) is 2.26. The molecule has 1 rings (SSSR count). The van der Waals surface area contributed by atoms with E-state index in [-0.39, 0.29) is 18.3 Å². The number of carbonyl (C=O) groups excluding carboxylic acids is 1. The summed E-state index contributed by atoms with van der Waals surface area (Å²) in [6.45, 7) is 5.57. The molecule has 0 amide bonds. The van der Waals surface area contributed by atoms with Crippen LogP contribution in [0.2, 0.25) is 0 Å². The van der Waals surface area contributed by atoms with Gasteiger partial charge >= 0.3 is 5.97 Å². The molecule has 0 radical (unpaired) electrons. The Morgan fingerprint density at radius 3 is 2.50 bits per heavy atom. The van der Waals surface area contributed by atoms with E-state index in [1.807, 2.05) is 20.8 Å². The van der Waals surface area contributed by atoms with Crippen molar-refractivity contribution in [2.75, 3.05) is 0 Å². The molecule has 0 aromatic heterocycles. The Bertz CT molecular complexity index is 332. The molecule has 3 nitrogen and oxygen atoms in total. The van der Waals surface area contributed by atoms with E-state index in [1.165, 1.54) is 38.5 Å². The van der Waals surface area contributed by atoms with Crippen molar-refractivity contribution in [3.8, 4) is 6.07 Å². The van der Waals surface area contributed by atoms with E-state index in [2.05, 4.69) is 6.07 Å². The number of nitriles is 1. The van der Waals surface area contributed by atoms with Gasteiger partial charge < -0.3 is 4.74 Å². The highest BCUT2D eigenvalue weighted by Gasteiger charge is 2.21. The summed E-state index contributed by atoms with van der Waals surface area (Å²) >= 11 is 0. The second kappa shape index (κ2) is 8.29. The van der Waals surface area contributed by atoms with Crippen molar-refractivity contribution in [3.05, 3.63) is 0 Å². The first kappa shape index (κ1) is 17.0. The third kappa shape index (κ3) is 7.53. The van der Waals surface area contributed by atoms with Crippen LogP contribution in [0.4, 0.5) is 0 Å². The number of hydrogen-bond acceptors (Lipinski definition) is 3. The summed E-state index contributed by atoms with van der Waals surface area (Å²) in [4.78, 5) is 11.7. The smallest absolute Gasteiger partial charge is 0.307 e. The first-order valence-electron chi connectivity index (χ1n) is 8.02. The van der Waals surface area contributed by atoms with Crippen LogP contribution in [0.15, 0.2) is 0 Å². The third-order valence-electron chi connectivity index (χ3n) is 3.91. The summed E-state index contributed by atoms with van der Waals surface area (Å²) in [5, 5.41) is 9.15. The lowest BCUT2D eigenvalue weighted by Crippen LogP contribution is -2.25. The monoisotopic (exact) mass is 279 g/mol. The number of ether oxygens (including phenoxy) is 1. The van der Waals surface area contributed by atoms with E-state index in [0.29, 0.717) is 0 Å². The second-order valence-electron chi connectivity index (χ2n) is 7.05. The molecule has 0 heterocycles. The highest BCUT2D eigenvalue weighted by Crippen LogP contribution is 2.28. The first-order chi connectivity index (χ1) is 9.40. The van der Waals surface area contributed by atoms with Crippen LogP contribution in [0.3, 0.4) is 0 Å². The molecule has 0 aromatic carbocycles. The molecule has 0 aromatic rings. The summed E-state index contributed by atoms with van der Waals surface area (Å²) < 4.78 is 5.28. The first-order valence-corrected chi connectivity index (χ1v) is 8.02. The maximum Gasteiger partial charge on any atom is 0.307 e. The van der Waals surface area contributed by atoms with Gasteiger partial charge in [-0.3, -0.25) is 4.79 Å². The summed E-state index contributed by atoms with van der Waals surface area (Å²) in [5.74, 6) is 0.416. The van der Waals surface area contributed by atoms with Crippen LogP contribution in [0.1, 0.15) is 78.6 Å². The van der Waals surface area contributed by atoms with Gasteiger partial charge in [-0.2, -0.15) is 5.26 Å². The van der Waals surface area contributed by atoms with Gasteiger partial charge in [0, 0.05) is 0 Å². The fraction of sp³-hybridized carbons (Fsp3) is 0.882. The van der Waals surface area contributed by atoms with Crippen LogP contribution in [0.5, 0.6) is 0 Å².